The maximum Gasteiger partial charge on any atom is 0.220 e. The first-order valence-corrected chi connectivity index (χ1v) is 50.4. The predicted molar refractivity (Wildman–Crippen MR) is 476 cm³/mol. The standard InChI is InChI=1S/C98H189NO18/c1-3-5-7-9-11-13-15-17-19-21-23-25-27-29-31-33-35-37-38-39-40-41-42-44-46-48-50-52-54-56-58-60-62-64-66-68-70-72-74-76-86(104)99-81(82(103)75-73-71-69-67-65-63-61-59-57-55-53-51-49-47-45-43-36-34-32-30-28-26-24-22-20-18-16-14-12-10-8-6-4-2)80-112-96-92(110)89(107)94(84(78-101)114-96)117-98-93(111)90(108)95(85(79-102)115-98)116-97-91(109)88(106)87(105)83(77-100)113-97/h21,23,81-85,87-98,100-103,105-111H,3-20,22,24-80H2,1-2H3,(H,99,104)/b23-21-. The zero-order valence-electron chi connectivity index (χ0n) is 75.5. The molecule has 0 aliphatic carbocycles. The summed E-state index contributed by atoms with van der Waals surface area (Å²) in [6.07, 6.45) is 72.2. The van der Waals surface area contributed by atoms with Crippen LogP contribution in [0.25, 0.3) is 0 Å². The molecule has 0 aromatic carbocycles. The molecule has 0 spiro atoms. The first kappa shape index (κ1) is 110. The average Bonchev–Trinajstić information content (AvgIpc) is 0.777. The number of unbranched alkanes of at least 4 members (excludes halogenated alkanes) is 67. The zero-order chi connectivity index (χ0) is 84.5. The Labute approximate surface area is 716 Å². The second kappa shape index (κ2) is 78.0. The van der Waals surface area contributed by atoms with Crippen molar-refractivity contribution in [2.45, 2.75) is 580 Å². The fraction of sp³-hybridized carbons (Fsp3) is 0.969. The van der Waals surface area contributed by atoms with E-state index < -0.39 is 124 Å². The minimum Gasteiger partial charge on any atom is -0.394 e. The lowest BCUT2D eigenvalue weighted by Crippen LogP contribution is -2.66. The molecular weight excluding hydrogens is 1480 g/mol. The van der Waals surface area contributed by atoms with E-state index in [9.17, 15) is 61.0 Å². The van der Waals surface area contributed by atoms with Crippen LogP contribution in [0.5, 0.6) is 0 Å². The summed E-state index contributed by atoms with van der Waals surface area (Å²) in [5, 5.41) is 122. The molecule has 19 heteroatoms. The number of aliphatic hydroxyl groups is 11. The van der Waals surface area contributed by atoms with Gasteiger partial charge in [-0.25, -0.2) is 0 Å². The van der Waals surface area contributed by atoms with Gasteiger partial charge in [0.2, 0.25) is 5.91 Å². The number of nitrogens with one attached hydrogen (secondary N) is 1. The van der Waals surface area contributed by atoms with Gasteiger partial charge in [0, 0.05) is 6.42 Å². The number of hydrogen-bond donors (Lipinski definition) is 12. The maximum absolute atomic E-state index is 13.6. The smallest absolute Gasteiger partial charge is 0.220 e. The number of carbonyl (C=O) groups excluding carboxylic acids is 1. The molecule has 3 rings (SSSR count). The Hall–Kier alpha value is -1.47. The highest BCUT2D eigenvalue weighted by molar-refractivity contribution is 5.76. The monoisotopic (exact) mass is 1670 g/mol. The molecule has 0 saturated carbocycles. The van der Waals surface area contributed by atoms with Crippen molar-refractivity contribution in [2.75, 3.05) is 26.4 Å². The second-order valence-corrected chi connectivity index (χ2v) is 36.3. The van der Waals surface area contributed by atoms with Crippen molar-refractivity contribution in [2.24, 2.45) is 0 Å². The van der Waals surface area contributed by atoms with E-state index in [1.54, 1.807) is 0 Å². The summed E-state index contributed by atoms with van der Waals surface area (Å²) in [5.74, 6) is -0.230. The van der Waals surface area contributed by atoms with Gasteiger partial charge in [-0.3, -0.25) is 4.79 Å². The molecule has 3 heterocycles. The molecule has 19 nitrogen and oxygen atoms in total. The molecule has 3 fully saturated rings. The topological polar surface area (TPSA) is 307 Å². The largest absolute Gasteiger partial charge is 0.394 e. The molecular formula is C98H189NO18. The Bertz CT molecular complexity index is 2150. The van der Waals surface area contributed by atoms with Gasteiger partial charge in [0.25, 0.3) is 0 Å². The van der Waals surface area contributed by atoms with Crippen LogP contribution < -0.4 is 5.32 Å². The normalized spacial score (nSPS) is 24.3. The summed E-state index contributed by atoms with van der Waals surface area (Å²) in [4.78, 5) is 13.6. The number of amides is 1. The van der Waals surface area contributed by atoms with Crippen LogP contribution in [0.4, 0.5) is 0 Å². The molecule has 0 aromatic heterocycles. The van der Waals surface area contributed by atoms with E-state index in [1.807, 2.05) is 0 Å². The van der Waals surface area contributed by atoms with Crippen molar-refractivity contribution < 1.29 is 89.4 Å². The third-order valence-electron chi connectivity index (χ3n) is 25.6. The molecule has 3 aliphatic heterocycles. The summed E-state index contributed by atoms with van der Waals surface area (Å²) < 4.78 is 34.7. The Balaban J connectivity index is 1.27. The molecule has 3 saturated heterocycles. The van der Waals surface area contributed by atoms with Gasteiger partial charge in [-0.15, -0.1) is 0 Å². The van der Waals surface area contributed by atoms with E-state index in [4.69, 9.17) is 28.4 Å². The Kier molecular flexibility index (Phi) is 73.2. The van der Waals surface area contributed by atoms with Crippen LogP contribution in [-0.2, 0) is 33.2 Å². The van der Waals surface area contributed by atoms with Crippen LogP contribution in [0.2, 0.25) is 0 Å². The van der Waals surface area contributed by atoms with Gasteiger partial charge < -0.3 is 89.9 Å². The van der Waals surface area contributed by atoms with E-state index in [-0.39, 0.29) is 18.9 Å². The average molecular weight is 1670 g/mol. The third kappa shape index (κ3) is 55.6. The van der Waals surface area contributed by atoms with E-state index in [2.05, 4.69) is 31.3 Å². The molecule has 0 radical (unpaired) electrons. The molecule has 12 N–H and O–H groups in total. The number of ether oxygens (including phenoxy) is 6. The van der Waals surface area contributed by atoms with Crippen LogP contribution in [-0.4, -0.2) is 193 Å². The first-order chi connectivity index (χ1) is 57.3. The maximum atomic E-state index is 13.6. The second-order valence-electron chi connectivity index (χ2n) is 36.3. The highest BCUT2D eigenvalue weighted by Crippen LogP contribution is 2.34. The SMILES string of the molecule is CCCCCCCCCC/C=C\CCCCCCCCCCCCCCCCCCCCCCCCCCCCCC(=O)NC(COC1OC(CO)C(OC2OC(CO)C(OC3OC(CO)C(O)C(O)C3O)C(O)C2O)C(O)C1O)C(O)CCCCCCCCCCCCCCCCCCCCCCCCCCCCCCCCCCC. The molecule has 17 unspecified atom stereocenters. The number of aliphatic hydroxyl groups excluding tert-OH is 11. The van der Waals surface area contributed by atoms with Crippen molar-refractivity contribution in [1.82, 2.24) is 5.32 Å². The zero-order valence-corrected chi connectivity index (χ0v) is 75.5. The van der Waals surface area contributed by atoms with Gasteiger partial charge in [-0.1, -0.05) is 443 Å². The lowest BCUT2D eigenvalue weighted by atomic mass is 9.96. The van der Waals surface area contributed by atoms with Crippen molar-refractivity contribution in [1.29, 1.82) is 0 Å². The van der Waals surface area contributed by atoms with E-state index in [0.717, 1.165) is 44.9 Å². The first-order valence-electron chi connectivity index (χ1n) is 50.4. The van der Waals surface area contributed by atoms with Crippen LogP contribution in [0.15, 0.2) is 12.2 Å². The number of carbonyl (C=O) groups is 1. The fourth-order valence-electron chi connectivity index (χ4n) is 17.6. The van der Waals surface area contributed by atoms with Gasteiger partial charge in [0.1, 0.15) is 73.2 Å². The number of hydrogen-bond acceptors (Lipinski definition) is 18. The minimum absolute atomic E-state index is 0.230. The van der Waals surface area contributed by atoms with E-state index in [0.29, 0.717) is 12.8 Å². The van der Waals surface area contributed by atoms with Crippen LogP contribution in [0.1, 0.15) is 476 Å². The van der Waals surface area contributed by atoms with Crippen molar-refractivity contribution in [3.8, 4) is 0 Å². The van der Waals surface area contributed by atoms with Gasteiger partial charge >= 0.3 is 0 Å². The molecule has 0 aromatic rings. The molecule has 3 aliphatic rings. The molecule has 694 valence electrons. The van der Waals surface area contributed by atoms with Gasteiger partial charge in [0.15, 0.2) is 18.9 Å². The van der Waals surface area contributed by atoms with Crippen molar-refractivity contribution in [3.63, 3.8) is 0 Å². The Morgan fingerprint density at radius 1 is 0.299 bits per heavy atom. The summed E-state index contributed by atoms with van der Waals surface area (Å²) >= 11 is 0. The van der Waals surface area contributed by atoms with Crippen LogP contribution in [0, 0.1) is 0 Å². The van der Waals surface area contributed by atoms with Crippen LogP contribution in [0.3, 0.4) is 0 Å². The lowest BCUT2D eigenvalue weighted by Gasteiger charge is -2.48. The van der Waals surface area contributed by atoms with Gasteiger partial charge in [0.05, 0.1) is 38.6 Å². The quantitative estimate of drug-likeness (QED) is 0.0199. The fourth-order valence-corrected chi connectivity index (χ4v) is 17.6. The minimum atomic E-state index is -1.97. The molecule has 17 atom stereocenters. The van der Waals surface area contributed by atoms with Crippen LogP contribution >= 0.6 is 0 Å². The van der Waals surface area contributed by atoms with Gasteiger partial charge in [-0.2, -0.15) is 0 Å². The highest BCUT2D eigenvalue weighted by Gasteiger charge is 2.54. The number of rotatable bonds is 85. The summed E-state index contributed by atoms with van der Waals surface area (Å²) in [5.41, 5.74) is 0. The molecule has 117 heavy (non-hydrogen) atoms. The Morgan fingerprint density at radius 2 is 0.538 bits per heavy atom. The van der Waals surface area contributed by atoms with Crippen molar-refractivity contribution in [3.05, 3.63) is 12.2 Å². The molecule has 0 bridgehead atoms. The lowest BCUT2D eigenvalue weighted by molar-refractivity contribution is -0.379. The predicted octanol–water partition coefficient (Wildman–Crippen LogP) is 21.0. The van der Waals surface area contributed by atoms with Crippen molar-refractivity contribution >= 4 is 5.91 Å². The highest BCUT2D eigenvalue weighted by atomic mass is 16.8. The third-order valence-corrected chi connectivity index (χ3v) is 25.6. The van der Waals surface area contributed by atoms with E-state index in [1.165, 1.54) is 398 Å². The summed E-state index contributed by atoms with van der Waals surface area (Å²) in [6.45, 7) is 1.90. The summed E-state index contributed by atoms with van der Waals surface area (Å²) in [7, 11) is 0. The Morgan fingerprint density at radius 3 is 0.829 bits per heavy atom. The molecule has 1 amide bonds. The summed E-state index contributed by atoms with van der Waals surface area (Å²) in [6, 6.07) is -0.886. The number of allylic oxidation sites excluding steroid dienone is 2. The van der Waals surface area contributed by atoms with Gasteiger partial charge in [-0.05, 0) is 38.5 Å². The van der Waals surface area contributed by atoms with E-state index >= 15 is 0 Å².